The van der Waals surface area contributed by atoms with Crippen molar-refractivity contribution in [1.82, 2.24) is 4.98 Å². The van der Waals surface area contributed by atoms with Crippen LogP contribution in [0.15, 0.2) is 18.3 Å². The van der Waals surface area contributed by atoms with E-state index in [0.717, 1.165) is 3.57 Å². The van der Waals surface area contributed by atoms with Gasteiger partial charge in [-0.2, -0.15) is 0 Å². The number of carbonyl (C=O) groups excluding carboxylic acids is 1. The van der Waals surface area contributed by atoms with Crippen molar-refractivity contribution < 1.29 is 4.79 Å². The number of pyridine rings is 1. The van der Waals surface area contributed by atoms with Gasteiger partial charge in [-0.25, -0.2) is 4.98 Å². The van der Waals surface area contributed by atoms with Crippen molar-refractivity contribution in [3.8, 4) is 0 Å². The number of aromatic nitrogens is 1. The first-order valence-electron chi connectivity index (χ1n) is 3.20. The van der Waals surface area contributed by atoms with Crippen molar-refractivity contribution in [3.05, 3.63) is 21.9 Å². The van der Waals surface area contributed by atoms with Gasteiger partial charge in [-0.05, 0) is 34.7 Å². The zero-order valence-corrected chi connectivity index (χ0v) is 8.96. The lowest BCUT2D eigenvalue weighted by Gasteiger charge is -2.00. The summed E-state index contributed by atoms with van der Waals surface area (Å²) in [6.45, 7) is 0. The molecule has 1 aromatic rings. The first-order valence-corrected chi connectivity index (χ1v) is 4.81. The van der Waals surface area contributed by atoms with Gasteiger partial charge in [0.2, 0.25) is 5.91 Å². The number of alkyl halides is 1. The molecule has 0 unspecified atom stereocenters. The van der Waals surface area contributed by atoms with Crippen LogP contribution in [-0.2, 0) is 4.79 Å². The fraction of sp³-hybridized carbons (Fsp3) is 0.143. The molecule has 0 radical (unpaired) electrons. The second-order valence-corrected chi connectivity index (χ2v) is 3.56. The lowest BCUT2D eigenvalue weighted by Crippen LogP contribution is -2.13. The fourth-order valence-corrected chi connectivity index (χ4v) is 1.01. The number of nitrogens with one attached hydrogen (secondary N) is 1. The predicted octanol–water partition coefficient (Wildman–Crippen LogP) is 1.86. The minimum absolute atomic E-state index is 0.0479. The molecular formula is C7H6ClIN2O. The van der Waals surface area contributed by atoms with Gasteiger partial charge in [0.1, 0.15) is 11.7 Å². The van der Waals surface area contributed by atoms with Gasteiger partial charge < -0.3 is 5.32 Å². The summed E-state index contributed by atoms with van der Waals surface area (Å²) in [7, 11) is 0. The third-order valence-corrected chi connectivity index (χ3v) is 2.00. The SMILES string of the molecule is O=C(CCl)Nc1ccc(I)cn1. The summed E-state index contributed by atoms with van der Waals surface area (Å²) in [6, 6.07) is 3.59. The van der Waals surface area contributed by atoms with Crippen molar-refractivity contribution in [3.63, 3.8) is 0 Å². The Bertz CT molecular complexity index is 275. The molecule has 0 spiro atoms. The molecule has 5 heteroatoms. The molecule has 3 nitrogen and oxygen atoms in total. The van der Waals surface area contributed by atoms with E-state index in [9.17, 15) is 4.79 Å². The maximum Gasteiger partial charge on any atom is 0.240 e. The van der Waals surface area contributed by atoms with Crippen LogP contribution in [0.4, 0.5) is 5.82 Å². The first-order chi connectivity index (χ1) is 5.72. The molecule has 12 heavy (non-hydrogen) atoms. The van der Waals surface area contributed by atoms with Gasteiger partial charge in [-0.1, -0.05) is 0 Å². The summed E-state index contributed by atoms with van der Waals surface area (Å²) in [5, 5.41) is 2.53. The van der Waals surface area contributed by atoms with E-state index in [4.69, 9.17) is 11.6 Å². The molecule has 1 rings (SSSR count). The van der Waals surface area contributed by atoms with Crippen molar-refractivity contribution in [1.29, 1.82) is 0 Å². The number of amides is 1. The Hall–Kier alpha value is -0.360. The fourth-order valence-electron chi connectivity index (χ4n) is 0.626. The molecule has 0 saturated heterocycles. The molecule has 1 amide bonds. The zero-order valence-electron chi connectivity index (χ0n) is 6.05. The molecule has 1 heterocycles. The van der Waals surface area contributed by atoms with E-state index in [2.05, 4.69) is 32.9 Å². The van der Waals surface area contributed by atoms with Crippen LogP contribution in [0.2, 0.25) is 0 Å². The molecular weight excluding hydrogens is 290 g/mol. The van der Waals surface area contributed by atoms with Crippen molar-refractivity contribution >= 4 is 45.9 Å². The summed E-state index contributed by atoms with van der Waals surface area (Å²) in [6.07, 6.45) is 1.67. The summed E-state index contributed by atoms with van der Waals surface area (Å²) in [5.41, 5.74) is 0. The van der Waals surface area contributed by atoms with Crippen LogP contribution < -0.4 is 5.32 Å². The number of halogens is 2. The Labute approximate surface area is 88.7 Å². The summed E-state index contributed by atoms with van der Waals surface area (Å²) < 4.78 is 1.02. The third-order valence-electron chi connectivity index (χ3n) is 1.12. The minimum Gasteiger partial charge on any atom is -0.310 e. The van der Waals surface area contributed by atoms with Crippen LogP contribution in [0.5, 0.6) is 0 Å². The second kappa shape index (κ2) is 4.61. The Balaban J connectivity index is 2.64. The number of anilines is 1. The first kappa shape index (κ1) is 9.73. The maximum absolute atomic E-state index is 10.8. The highest BCUT2D eigenvalue weighted by atomic mass is 127. The zero-order chi connectivity index (χ0) is 8.97. The van der Waals surface area contributed by atoms with E-state index >= 15 is 0 Å². The highest BCUT2D eigenvalue weighted by molar-refractivity contribution is 14.1. The molecule has 0 aliphatic rings. The normalized spacial score (nSPS) is 9.50. The van der Waals surface area contributed by atoms with Crippen molar-refractivity contribution in [2.45, 2.75) is 0 Å². The van der Waals surface area contributed by atoms with E-state index < -0.39 is 0 Å². The third kappa shape index (κ3) is 2.94. The molecule has 1 aromatic heterocycles. The quantitative estimate of drug-likeness (QED) is 0.668. The van der Waals surface area contributed by atoms with Gasteiger partial charge in [0, 0.05) is 9.77 Å². The Kier molecular flexibility index (Phi) is 3.74. The lowest BCUT2D eigenvalue weighted by atomic mass is 10.4. The summed E-state index contributed by atoms with van der Waals surface area (Å²) in [5.74, 6) is 0.236. The van der Waals surface area contributed by atoms with E-state index in [-0.39, 0.29) is 11.8 Å². The molecule has 0 fully saturated rings. The molecule has 1 N–H and O–H groups in total. The van der Waals surface area contributed by atoms with E-state index in [0.29, 0.717) is 5.82 Å². The number of carbonyl (C=O) groups is 1. The Morgan fingerprint density at radius 3 is 2.92 bits per heavy atom. The molecule has 0 aliphatic heterocycles. The predicted molar refractivity (Wildman–Crippen MR) is 56.3 cm³/mol. The number of hydrogen-bond donors (Lipinski definition) is 1. The average Bonchev–Trinajstić information content (AvgIpc) is 2.09. The smallest absolute Gasteiger partial charge is 0.240 e. The minimum atomic E-state index is -0.245. The topological polar surface area (TPSA) is 42.0 Å². The number of hydrogen-bond acceptors (Lipinski definition) is 2. The molecule has 0 saturated carbocycles. The van der Waals surface area contributed by atoms with Gasteiger partial charge in [-0.3, -0.25) is 4.79 Å². The van der Waals surface area contributed by atoms with Crippen LogP contribution in [0.3, 0.4) is 0 Å². The summed E-state index contributed by atoms with van der Waals surface area (Å²) in [4.78, 5) is 14.7. The largest absolute Gasteiger partial charge is 0.310 e. The van der Waals surface area contributed by atoms with Gasteiger partial charge in [-0.15, -0.1) is 11.6 Å². The highest BCUT2D eigenvalue weighted by Crippen LogP contribution is 2.06. The maximum atomic E-state index is 10.8. The van der Waals surface area contributed by atoms with Crippen molar-refractivity contribution in [2.75, 3.05) is 11.2 Å². The van der Waals surface area contributed by atoms with Gasteiger partial charge >= 0.3 is 0 Å². The molecule has 0 aromatic carbocycles. The van der Waals surface area contributed by atoms with Gasteiger partial charge in [0.15, 0.2) is 0 Å². The number of rotatable bonds is 2. The van der Waals surface area contributed by atoms with E-state index in [1.165, 1.54) is 0 Å². The van der Waals surface area contributed by atoms with Crippen LogP contribution in [0.1, 0.15) is 0 Å². The van der Waals surface area contributed by atoms with Crippen LogP contribution in [0.25, 0.3) is 0 Å². The Morgan fingerprint density at radius 1 is 1.67 bits per heavy atom. The van der Waals surface area contributed by atoms with Crippen LogP contribution >= 0.6 is 34.2 Å². The molecule has 0 bridgehead atoms. The number of nitrogens with zero attached hydrogens (tertiary/aromatic N) is 1. The van der Waals surface area contributed by atoms with E-state index in [1.807, 2.05) is 6.07 Å². The van der Waals surface area contributed by atoms with Crippen molar-refractivity contribution in [2.24, 2.45) is 0 Å². The Morgan fingerprint density at radius 2 is 2.42 bits per heavy atom. The van der Waals surface area contributed by atoms with E-state index in [1.54, 1.807) is 12.3 Å². The van der Waals surface area contributed by atoms with Crippen LogP contribution in [-0.4, -0.2) is 16.8 Å². The monoisotopic (exact) mass is 296 g/mol. The molecule has 0 aliphatic carbocycles. The average molecular weight is 296 g/mol. The highest BCUT2D eigenvalue weighted by Gasteiger charge is 1.99. The van der Waals surface area contributed by atoms with Gasteiger partial charge in [0.25, 0.3) is 0 Å². The molecule has 64 valence electrons. The lowest BCUT2D eigenvalue weighted by molar-refractivity contribution is -0.113. The second-order valence-electron chi connectivity index (χ2n) is 2.04. The van der Waals surface area contributed by atoms with Gasteiger partial charge in [0.05, 0.1) is 0 Å². The van der Waals surface area contributed by atoms with Crippen LogP contribution in [0, 0.1) is 3.57 Å². The molecule has 0 atom stereocenters. The standard InChI is InChI=1S/C7H6ClIN2O/c8-3-7(12)11-6-2-1-5(9)4-10-6/h1-2,4H,3H2,(H,10,11,12). The summed E-state index contributed by atoms with van der Waals surface area (Å²) >= 11 is 7.43.